The van der Waals surface area contributed by atoms with Crippen molar-refractivity contribution in [3.63, 3.8) is 0 Å². The van der Waals surface area contributed by atoms with Crippen molar-refractivity contribution in [2.75, 3.05) is 13.7 Å². The van der Waals surface area contributed by atoms with Gasteiger partial charge < -0.3 is 14.6 Å². The molecule has 6 heteroatoms. The minimum absolute atomic E-state index is 0.195. The lowest BCUT2D eigenvalue weighted by atomic mass is 9.77. The zero-order valence-electron chi connectivity index (χ0n) is 15.2. The predicted octanol–water partition coefficient (Wildman–Crippen LogP) is 3.82. The number of hydrogen-bond donors (Lipinski definition) is 1. The third kappa shape index (κ3) is 3.51. The molecule has 4 nitrogen and oxygen atoms in total. The Hall–Kier alpha value is -2.18. The van der Waals surface area contributed by atoms with E-state index < -0.39 is 17.2 Å². The zero-order chi connectivity index (χ0) is 19.0. The van der Waals surface area contributed by atoms with Crippen LogP contribution in [0.2, 0.25) is 0 Å². The van der Waals surface area contributed by atoms with Crippen LogP contribution in [0.1, 0.15) is 31.2 Å². The second-order valence-corrected chi connectivity index (χ2v) is 7.39. The van der Waals surface area contributed by atoms with Crippen molar-refractivity contribution < 1.29 is 23.4 Å². The molecule has 1 N–H and O–H groups in total. The lowest BCUT2D eigenvalue weighted by Gasteiger charge is -2.43. The smallest absolute Gasteiger partial charge is 0.187 e. The van der Waals surface area contributed by atoms with Crippen molar-refractivity contribution in [1.82, 2.24) is 4.90 Å². The highest BCUT2D eigenvalue weighted by Gasteiger charge is 2.38. The maximum Gasteiger partial charge on any atom is 0.187 e. The van der Waals surface area contributed by atoms with Gasteiger partial charge in [-0.15, -0.1) is 0 Å². The molecule has 4 rings (SSSR count). The summed E-state index contributed by atoms with van der Waals surface area (Å²) in [5.74, 6) is -0.342. The largest absolute Gasteiger partial charge is 0.484 e. The van der Waals surface area contributed by atoms with Crippen molar-refractivity contribution in [2.45, 2.75) is 43.6 Å². The van der Waals surface area contributed by atoms with E-state index in [4.69, 9.17) is 9.47 Å². The van der Waals surface area contributed by atoms with E-state index in [1.165, 1.54) is 6.07 Å². The number of fused-ring (bicyclic) bond motifs is 1. The van der Waals surface area contributed by atoms with Crippen LogP contribution in [0.15, 0.2) is 42.5 Å². The van der Waals surface area contributed by atoms with E-state index in [1.54, 1.807) is 0 Å². The molecule has 2 aliphatic rings. The van der Waals surface area contributed by atoms with Gasteiger partial charge in [0.05, 0.1) is 5.60 Å². The summed E-state index contributed by atoms with van der Waals surface area (Å²) in [6.45, 7) is 0.442. The molecule has 27 heavy (non-hydrogen) atoms. The van der Waals surface area contributed by atoms with Gasteiger partial charge in [-0.05, 0) is 62.6 Å². The van der Waals surface area contributed by atoms with Crippen LogP contribution >= 0.6 is 0 Å². The predicted molar refractivity (Wildman–Crippen MR) is 96.6 cm³/mol. The first-order valence-electron chi connectivity index (χ1n) is 9.25. The number of likely N-dealkylation sites (N-methyl/N-ethyl adjacent to an activating group) is 1. The first-order valence-corrected chi connectivity index (χ1v) is 9.25. The molecule has 0 aromatic heterocycles. The quantitative estimate of drug-likeness (QED) is 0.886. The fourth-order valence-electron chi connectivity index (χ4n) is 4.01. The standard InChI is InChI=1S/C21H23F2NO3/c1-24(20-13-26-18-4-2-3-5-19(18)27-20)15-8-10-21(25,11-9-15)14-6-7-16(22)17(23)12-14/h2-7,12,15,20,25H,8-11,13H2,1H3/t15-,20?,21-. The number of benzene rings is 2. The summed E-state index contributed by atoms with van der Waals surface area (Å²) in [4.78, 5) is 2.14. The van der Waals surface area contributed by atoms with E-state index in [9.17, 15) is 13.9 Å². The van der Waals surface area contributed by atoms with E-state index in [0.29, 0.717) is 25.0 Å². The number of nitrogens with zero attached hydrogens (tertiary/aromatic N) is 1. The fourth-order valence-corrected chi connectivity index (χ4v) is 4.01. The van der Waals surface area contributed by atoms with Crippen LogP contribution in [0.4, 0.5) is 8.78 Å². The molecule has 0 saturated heterocycles. The summed E-state index contributed by atoms with van der Waals surface area (Å²) < 4.78 is 38.6. The molecule has 1 saturated carbocycles. The topological polar surface area (TPSA) is 41.9 Å². The molecule has 0 bridgehead atoms. The van der Waals surface area contributed by atoms with Gasteiger partial charge in [0, 0.05) is 6.04 Å². The molecule has 0 spiro atoms. The Bertz CT molecular complexity index is 821. The number of aliphatic hydroxyl groups is 1. The van der Waals surface area contributed by atoms with Crippen LogP contribution in [0.5, 0.6) is 11.5 Å². The van der Waals surface area contributed by atoms with Gasteiger partial charge in [0.2, 0.25) is 0 Å². The SMILES string of the molecule is CN(C1COc2ccccc2O1)[C@H]1CC[C@@](O)(c2ccc(F)c(F)c2)CC1. The zero-order valence-corrected chi connectivity index (χ0v) is 15.2. The molecule has 2 aromatic carbocycles. The third-order valence-corrected chi connectivity index (χ3v) is 5.76. The van der Waals surface area contributed by atoms with Crippen molar-refractivity contribution in [3.8, 4) is 11.5 Å². The minimum atomic E-state index is -1.12. The van der Waals surface area contributed by atoms with Crippen molar-refractivity contribution in [1.29, 1.82) is 0 Å². The van der Waals surface area contributed by atoms with Crippen LogP contribution < -0.4 is 9.47 Å². The Kier molecular flexibility index (Phi) is 4.78. The average Bonchev–Trinajstić information content (AvgIpc) is 2.69. The highest BCUT2D eigenvalue weighted by Crippen LogP contribution is 2.40. The number of ether oxygens (including phenoxy) is 2. The maximum absolute atomic E-state index is 13.5. The Morgan fingerprint density at radius 1 is 1.04 bits per heavy atom. The highest BCUT2D eigenvalue weighted by molar-refractivity contribution is 5.40. The van der Waals surface area contributed by atoms with Crippen molar-refractivity contribution in [3.05, 3.63) is 59.7 Å². The monoisotopic (exact) mass is 375 g/mol. The van der Waals surface area contributed by atoms with E-state index in [-0.39, 0.29) is 12.3 Å². The van der Waals surface area contributed by atoms with E-state index in [1.807, 2.05) is 31.3 Å². The maximum atomic E-state index is 13.5. The molecular formula is C21H23F2NO3. The minimum Gasteiger partial charge on any atom is -0.484 e. The Labute approximate surface area is 157 Å². The number of rotatable bonds is 3. The van der Waals surface area contributed by atoms with E-state index in [0.717, 1.165) is 36.5 Å². The molecular weight excluding hydrogens is 352 g/mol. The molecule has 0 amide bonds. The number of para-hydroxylation sites is 2. The molecule has 1 atom stereocenters. The lowest BCUT2D eigenvalue weighted by Crippen LogP contribution is -2.50. The first kappa shape index (κ1) is 18.2. The van der Waals surface area contributed by atoms with Gasteiger partial charge in [-0.1, -0.05) is 18.2 Å². The summed E-state index contributed by atoms with van der Waals surface area (Å²) >= 11 is 0. The number of halogens is 2. The molecule has 0 radical (unpaired) electrons. The fraction of sp³-hybridized carbons (Fsp3) is 0.429. The van der Waals surface area contributed by atoms with Crippen LogP contribution in [-0.4, -0.2) is 35.9 Å². The van der Waals surface area contributed by atoms with E-state index in [2.05, 4.69) is 4.90 Å². The van der Waals surface area contributed by atoms with Crippen molar-refractivity contribution >= 4 is 0 Å². The molecule has 1 aliphatic carbocycles. The van der Waals surface area contributed by atoms with Crippen LogP contribution in [0.3, 0.4) is 0 Å². The first-order chi connectivity index (χ1) is 13.0. The van der Waals surface area contributed by atoms with E-state index >= 15 is 0 Å². The van der Waals surface area contributed by atoms with Gasteiger partial charge in [0.25, 0.3) is 0 Å². The van der Waals surface area contributed by atoms with Gasteiger partial charge in [0.15, 0.2) is 29.4 Å². The lowest BCUT2D eigenvalue weighted by molar-refractivity contribution is -0.0717. The molecule has 1 heterocycles. The molecule has 1 unspecified atom stereocenters. The second-order valence-electron chi connectivity index (χ2n) is 7.39. The van der Waals surface area contributed by atoms with Gasteiger partial charge >= 0.3 is 0 Å². The molecule has 1 aliphatic heterocycles. The highest BCUT2D eigenvalue weighted by atomic mass is 19.2. The van der Waals surface area contributed by atoms with Crippen molar-refractivity contribution in [2.24, 2.45) is 0 Å². The second kappa shape index (κ2) is 7.09. The summed E-state index contributed by atoms with van der Waals surface area (Å²) in [5.41, 5.74) is -0.684. The molecule has 1 fully saturated rings. The normalized spacial score (nSPS) is 27.6. The van der Waals surface area contributed by atoms with Crippen LogP contribution in [0.25, 0.3) is 0 Å². The van der Waals surface area contributed by atoms with Gasteiger partial charge in [-0.2, -0.15) is 0 Å². The van der Waals surface area contributed by atoms with Gasteiger partial charge in [-0.25, -0.2) is 8.78 Å². The summed E-state index contributed by atoms with van der Waals surface area (Å²) in [6, 6.07) is 11.5. The summed E-state index contributed by atoms with van der Waals surface area (Å²) in [7, 11) is 1.99. The van der Waals surface area contributed by atoms with Crippen LogP contribution in [0, 0.1) is 11.6 Å². The van der Waals surface area contributed by atoms with Gasteiger partial charge in [0.1, 0.15) is 6.61 Å². The molecule has 144 valence electrons. The summed E-state index contributed by atoms with van der Waals surface area (Å²) in [5, 5.41) is 10.9. The molecule has 2 aromatic rings. The Balaban J connectivity index is 1.41. The third-order valence-electron chi connectivity index (χ3n) is 5.76. The van der Waals surface area contributed by atoms with Gasteiger partial charge in [-0.3, -0.25) is 4.90 Å². The average molecular weight is 375 g/mol. The van der Waals surface area contributed by atoms with Crippen LogP contribution in [-0.2, 0) is 5.60 Å². The summed E-state index contributed by atoms with van der Waals surface area (Å²) in [6.07, 6.45) is 2.23. The Morgan fingerprint density at radius 2 is 1.74 bits per heavy atom. The Morgan fingerprint density at radius 3 is 2.44 bits per heavy atom. The number of hydrogen-bond acceptors (Lipinski definition) is 4.